The Labute approximate surface area is 166 Å². The molecule has 0 spiro atoms. The molecule has 0 bridgehead atoms. The second-order valence-electron chi connectivity index (χ2n) is 7.84. The zero-order valence-electron chi connectivity index (χ0n) is 17.4. The smallest absolute Gasteiger partial charge is 0.191 e. The van der Waals surface area contributed by atoms with E-state index in [1.54, 1.807) is 14.2 Å². The number of nitrogens with zero attached hydrogens (tertiary/aromatic N) is 1. The third-order valence-corrected chi connectivity index (χ3v) is 7.14. The molecule has 0 aromatic heterocycles. The van der Waals surface area contributed by atoms with Crippen LogP contribution in [0.3, 0.4) is 0 Å². The van der Waals surface area contributed by atoms with E-state index in [0.717, 1.165) is 49.7 Å². The number of ether oxygens (including phenoxy) is 1. The number of methoxy groups -OCH3 is 1. The van der Waals surface area contributed by atoms with Gasteiger partial charge >= 0.3 is 0 Å². The van der Waals surface area contributed by atoms with Gasteiger partial charge in [-0.3, -0.25) is 9.20 Å². The molecule has 0 radical (unpaired) electrons. The Bertz CT molecular complexity index is 661. The van der Waals surface area contributed by atoms with Gasteiger partial charge in [-0.1, -0.05) is 39.3 Å². The lowest BCUT2D eigenvalue weighted by Crippen LogP contribution is -2.49. The molecule has 1 saturated carbocycles. The molecule has 3 unspecified atom stereocenters. The second kappa shape index (κ2) is 10.1. The van der Waals surface area contributed by atoms with Crippen LogP contribution in [0.25, 0.3) is 0 Å². The summed E-state index contributed by atoms with van der Waals surface area (Å²) >= 11 is 0. The van der Waals surface area contributed by atoms with E-state index in [4.69, 9.17) is 4.74 Å². The maximum atomic E-state index is 12.2. The van der Waals surface area contributed by atoms with Gasteiger partial charge in [-0.25, -0.2) is 0 Å². The van der Waals surface area contributed by atoms with Crippen LogP contribution in [0.1, 0.15) is 52.0 Å². The summed E-state index contributed by atoms with van der Waals surface area (Å²) in [6.07, 6.45) is 4.27. The summed E-state index contributed by atoms with van der Waals surface area (Å²) in [5, 5.41) is 7.33. The molecule has 152 valence electrons. The first-order chi connectivity index (χ1) is 12.9. The number of hydrogen-bond acceptors (Lipinski definition) is 3. The maximum Gasteiger partial charge on any atom is 0.191 e. The summed E-state index contributed by atoms with van der Waals surface area (Å²) in [7, 11) is 2.79. The van der Waals surface area contributed by atoms with Crippen molar-refractivity contribution in [1.29, 1.82) is 0 Å². The molecule has 1 fully saturated rings. The zero-order chi connectivity index (χ0) is 19.9. The molecular formula is C21H35N3O2S. The Hall–Kier alpha value is -1.56. The molecule has 0 saturated heterocycles. The van der Waals surface area contributed by atoms with Gasteiger partial charge in [0.25, 0.3) is 0 Å². The third kappa shape index (κ3) is 6.23. The van der Waals surface area contributed by atoms with Crippen LogP contribution in [-0.2, 0) is 16.2 Å². The van der Waals surface area contributed by atoms with Crippen molar-refractivity contribution in [3.63, 3.8) is 0 Å². The zero-order valence-corrected chi connectivity index (χ0v) is 18.2. The lowest BCUT2D eigenvalue weighted by molar-refractivity contribution is 0.408. The molecule has 6 heteroatoms. The lowest BCUT2D eigenvalue weighted by atomic mass is 9.84. The monoisotopic (exact) mass is 393 g/mol. The molecule has 5 nitrogen and oxygen atoms in total. The van der Waals surface area contributed by atoms with Gasteiger partial charge in [0.1, 0.15) is 5.75 Å². The van der Waals surface area contributed by atoms with Crippen LogP contribution in [0.4, 0.5) is 0 Å². The van der Waals surface area contributed by atoms with Crippen LogP contribution >= 0.6 is 0 Å². The van der Waals surface area contributed by atoms with E-state index in [-0.39, 0.29) is 5.41 Å². The van der Waals surface area contributed by atoms with E-state index >= 15 is 0 Å². The van der Waals surface area contributed by atoms with Crippen molar-refractivity contribution in [2.75, 3.05) is 26.5 Å². The number of guanidine groups is 1. The van der Waals surface area contributed by atoms with Crippen LogP contribution < -0.4 is 15.4 Å². The van der Waals surface area contributed by atoms with Gasteiger partial charge in [0, 0.05) is 46.9 Å². The van der Waals surface area contributed by atoms with Crippen molar-refractivity contribution in [2.45, 2.75) is 63.2 Å². The van der Waals surface area contributed by atoms with Crippen LogP contribution in [0, 0.1) is 0 Å². The van der Waals surface area contributed by atoms with Gasteiger partial charge in [-0.15, -0.1) is 0 Å². The molecule has 3 atom stereocenters. The minimum Gasteiger partial charge on any atom is -0.497 e. The van der Waals surface area contributed by atoms with Crippen molar-refractivity contribution < 1.29 is 8.95 Å². The van der Waals surface area contributed by atoms with E-state index in [0.29, 0.717) is 11.3 Å². The Morgan fingerprint density at radius 1 is 1.37 bits per heavy atom. The molecular weight excluding hydrogens is 358 g/mol. The number of hydrogen-bond donors (Lipinski definition) is 2. The second-order valence-corrected chi connectivity index (χ2v) is 9.85. The normalized spacial score (nSPS) is 22.2. The molecule has 1 aliphatic rings. The van der Waals surface area contributed by atoms with E-state index < -0.39 is 10.8 Å². The predicted octanol–water partition coefficient (Wildman–Crippen LogP) is 3.22. The lowest BCUT2D eigenvalue weighted by Gasteiger charge is -2.32. The highest BCUT2D eigenvalue weighted by Crippen LogP contribution is 2.26. The van der Waals surface area contributed by atoms with Crippen molar-refractivity contribution in [2.24, 2.45) is 4.99 Å². The fraction of sp³-hybridized carbons (Fsp3) is 0.667. The minimum atomic E-state index is -0.709. The molecule has 0 heterocycles. The largest absolute Gasteiger partial charge is 0.497 e. The molecule has 0 aliphatic heterocycles. The molecule has 27 heavy (non-hydrogen) atoms. The van der Waals surface area contributed by atoms with E-state index in [9.17, 15) is 4.21 Å². The predicted molar refractivity (Wildman–Crippen MR) is 115 cm³/mol. The number of aliphatic imine (C=N–C) groups is 1. The van der Waals surface area contributed by atoms with Crippen LogP contribution in [0.15, 0.2) is 29.3 Å². The standard InChI is InChI=1S/C21H35N3O2S/c1-6-27(25)19-12-8-10-17(14-19)24-20(22-4)23-15-21(2,3)16-9-7-11-18(13-16)26-5/h7,9,11,13,17,19H,6,8,10,12,14-15H2,1-5H3,(H2,22,23,24). The van der Waals surface area contributed by atoms with Crippen LogP contribution in [0.5, 0.6) is 5.75 Å². The first-order valence-corrected chi connectivity index (χ1v) is 11.3. The van der Waals surface area contributed by atoms with Gasteiger partial charge in [0.05, 0.1) is 7.11 Å². The average Bonchev–Trinajstić information content (AvgIpc) is 2.70. The molecule has 2 rings (SSSR count). The molecule has 1 aromatic carbocycles. The molecule has 0 amide bonds. The SMILES string of the molecule is CCS(=O)C1CCCC(NC(=NC)NCC(C)(C)c2cccc(OC)c2)C1. The summed E-state index contributed by atoms with van der Waals surface area (Å²) in [6.45, 7) is 7.19. The highest BCUT2D eigenvalue weighted by atomic mass is 32.2. The van der Waals surface area contributed by atoms with E-state index in [1.165, 1.54) is 5.56 Å². The van der Waals surface area contributed by atoms with Crippen LogP contribution in [-0.4, -0.2) is 47.9 Å². The number of nitrogens with one attached hydrogen (secondary N) is 2. The summed E-state index contributed by atoms with van der Waals surface area (Å²) in [5.41, 5.74) is 1.16. The highest BCUT2D eigenvalue weighted by molar-refractivity contribution is 7.85. The van der Waals surface area contributed by atoms with Gasteiger partial charge < -0.3 is 15.4 Å². The quantitative estimate of drug-likeness (QED) is 0.551. The van der Waals surface area contributed by atoms with Crippen molar-refractivity contribution >= 4 is 16.8 Å². The van der Waals surface area contributed by atoms with Gasteiger partial charge in [0.15, 0.2) is 5.96 Å². The van der Waals surface area contributed by atoms with Crippen LogP contribution in [0.2, 0.25) is 0 Å². The maximum absolute atomic E-state index is 12.2. The molecule has 2 N–H and O–H groups in total. The summed E-state index contributed by atoms with van der Waals surface area (Å²) in [5.74, 6) is 2.44. The van der Waals surface area contributed by atoms with Crippen molar-refractivity contribution in [3.8, 4) is 5.75 Å². The van der Waals surface area contributed by atoms with Gasteiger partial charge in [-0.05, 0) is 37.0 Å². The average molecular weight is 394 g/mol. The Kier molecular flexibility index (Phi) is 8.14. The third-order valence-electron chi connectivity index (χ3n) is 5.40. The minimum absolute atomic E-state index is 0.0645. The van der Waals surface area contributed by atoms with Gasteiger partial charge in [0.2, 0.25) is 0 Å². The summed E-state index contributed by atoms with van der Waals surface area (Å²) in [4.78, 5) is 4.40. The Morgan fingerprint density at radius 2 is 2.15 bits per heavy atom. The Morgan fingerprint density at radius 3 is 2.81 bits per heavy atom. The van der Waals surface area contributed by atoms with Gasteiger partial charge in [-0.2, -0.15) is 0 Å². The topological polar surface area (TPSA) is 62.7 Å². The van der Waals surface area contributed by atoms with E-state index in [2.05, 4.69) is 41.6 Å². The first kappa shape index (κ1) is 21.7. The number of rotatable bonds is 7. The van der Waals surface area contributed by atoms with Crippen molar-refractivity contribution in [1.82, 2.24) is 10.6 Å². The fourth-order valence-corrected chi connectivity index (χ4v) is 4.94. The summed E-state index contributed by atoms with van der Waals surface area (Å²) in [6, 6.07) is 8.55. The first-order valence-electron chi connectivity index (χ1n) is 9.88. The fourth-order valence-electron chi connectivity index (χ4n) is 3.59. The Balaban J connectivity index is 1.93. The summed E-state index contributed by atoms with van der Waals surface area (Å²) < 4.78 is 17.5. The van der Waals surface area contributed by atoms with Crippen molar-refractivity contribution in [3.05, 3.63) is 29.8 Å². The molecule has 1 aliphatic carbocycles. The molecule has 1 aromatic rings. The number of benzene rings is 1. The highest BCUT2D eigenvalue weighted by Gasteiger charge is 2.27. The van der Waals surface area contributed by atoms with E-state index in [1.807, 2.05) is 19.1 Å².